The van der Waals surface area contributed by atoms with E-state index in [9.17, 15) is 4.79 Å². The Morgan fingerprint density at radius 2 is 2.15 bits per heavy atom. The predicted octanol–water partition coefficient (Wildman–Crippen LogP) is 2.70. The van der Waals surface area contributed by atoms with Crippen LogP contribution in [0.2, 0.25) is 0 Å². The Morgan fingerprint density at radius 1 is 1.46 bits per heavy atom. The number of nitrogens with zero attached hydrogens (tertiary/aromatic N) is 1. The molecule has 0 aromatic heterocycles. The lowest BCUT2D eigenvalue weighted by molar-refractivity contribution is 0.402. The highest BCUT2D eigenvalue weighted by atomic mass is 32.2. The van der Waals surface area contributed by atoms with Gasteiger partial charge >= 0.3 is 0 Å². The molecule has 0 spiro atoms. The second-order valence-corrected chi connectivity index (χ2v) is 3.06. The molecule has 13 heavy (non-hydrogen) atoms. The highest BCUT2D eigenvalue weighted by Gasteiger charge is 1.93. The first kappa shape index (κ1) is 9.99. The molecule has 0 unspecified atom stereocenters. The number of carbonyl (C=O) groups excluding carboxylic acids is 1. The minimum absolute atomic E-state index is 0.607. The lowest BCUT2D eigenvalue weighted by Gasteiger charge is -1.98. The molecule has 1 aromatic rings. The van der Waals surface area contributed by atoms with Gasteiger partial charge in [0, 0.05) is 16.9 Å². The zero-order chi connectivity index (χ0) is 9.52. The van der Waals surface area contributed by atoms with Crippen LogP contribution in [-0.4, -0.2) is 12.7 Å². The predicted molar refractivity (Wildman–Crippen MR) is 51.7 cm³/mol. The van der Waals surface area contributed by atoms with Crippen LogP contribution in [0.3, 0.4) is 0 Å². The number of rotatable bonds is 4. The molecule has 0 bridgehead atoms. The van der Waals surface area contributed by atoms with Crippen molar-refractivity contribution in [3.63, 3.8) is 0 Å². The summed E-state index contributed by atoms with van der Waals surface area (Å²) >= 11 is 1.31. The molecule has 1 rings (SSSR count). The number of hydrogen-bond acceptors (Lipinski definition) is 4. The van der Waals surface area contributed by atoms with Gasteiger partial charge in [-0.25, -0.2) is 4.79 Å². The van der Waals surface area contributed by atoms with Gasteiger partial charge in [-0.15, -0.1) is 0 Å². The van der Waals surface area contributed by atoms with Crippen molar-refractivity contribution in [1.29, 1.82) is 0 Å². The van der Waals surface area contributed by atoms with E-state index in [1.807, 2.05) is 19.1 Å². The minimum Gasteiger partial charge on any atom is -0.311 e. The zero-order valence-electron chi connectivity index (χ0n) is 7.19. The molecule has 0 N–H and O–H groups in total. The van der Waals surface area contributed by atoms with Crippen LogP contribution in [0.4, 0.5) is 5.69 Å². The summed E-state index contributed by atoms with van der Waals surface area (Å²) in [4.78, 5) is 14.4. The van der Waals surface area contributed by atoms with Gasteiger partial charge in [-0.3, -0.25) is 0 Å². The van der Waals surface area contributed by atoms with Gasteiger partial charge in [0.25, 0.3) is 0 Å². The van der Waals surface area contributed by atoms with Crippen LogP contribution >= 0.6 is 12.0 Å². The first-order valence-corrected chi connectivity index (χ1v) is 4.58. The fraction of sp³-hybridized carbons (Fsp3) is 0.222. The van der Waals surface area contributed by atoms with E-state index in [0.717, 1.165) is 4.90 Å². The first-order valence-electron chi connectivity index (χ1n) is 3.84. The third-order valence-electron chi connectivity index (χ3n) is 1.28. The van der Waals surface area contributed by atoms with Crippen molar-refractivity contribution in [2.45, 2.75) is 11.8 Å². The molecule has 0 atom stereocenters. The Hall–Kier alpha value is -1.09. The van der Waals surface area contributed by atoms with Crippen molar-refractivity contribution in [2.75, 3.05) is 6.61 Å². The van der Waals surface area contributed by atoms with E-state index in [-0.39, 0.29) is 0 Å². The standard InChI is InChI=1S/C9H9NO2S/c1-2-12-13-9-5-3-8(4-6-9)10-7-11/h3-6H,2H2,1H3. The first-order chi connectivity index (χ1) is 6.36. The van der Waals surface area contributed by atoms with Crippen molar-refractivity contribution in [1.82, 2.24) is 0 Å². The van der Waals surface area contributed by atoms with Crippen LogP contribution in [-0.2, 0) is 8.98 Å². The van der Waals surface area contributed by atoms with Crippen molar-refractivity contribution in [3.8, 4) is 0 Å². The summed E-state index contributed by atoms with van der Waals surface area (Å²) in [6, 6.07) is 7.17. The molecule has 68 valence electrons. The Labute approximate surface area is 81.0 Å². The zero-order valence-corrected chi connectivity index (χ0v) is 8.00. The molecular weight excluding hydrogens is 186 g/mol. The third-order valence-corrected chi connectivity index (χ3v) is 2.10. The minimum atomic E-state index is 0.607. The Balaban J connectivity index is 2.63. The summed E-state index contributed by atoms with van der Waals surface area (Å²) in [6.07, 6.45) is 1.48. The number of aliphatic imine (C=N–C) groups is 1. The SMILES string of the molecule is CCOSc1ccc(N=C=O)cc1. The fourth-order valence-corrected chi connectivity index (χ4v) is 1.26. The Kier molecular flexibility index (Phi) is 4.26. The maximum absolute atomic E-state index is 9.91. The van der Waals surface area contributed by atoms with Crippen LogP contribution in [0.15, 0.2) is 34.2 Å². The van der Waals surface area contributed by atoms with Crippen LogP contribution in [0.5, 0.6) is 0 Å². The topological polar surface area (TPSA) is 38.7 Å². The second kappa shape index (κ2) is 5.54. The van der Waals surface area contributed by atoms with Gasteiger partial charge in [0.15, 0.2) is 0 Å². The van der Waals surface area contributed by atoms with Gasteiger partial charge in [-0.1, -0.05) is 0 Å². The fourth-order valence-electron chi connectivity index (χ4n) is 0.756. The van der Waals surface area contributed by atoms with Gasteiger partial charge in [0.1, 0.15) is 0 Å². The van der Waals surface area contributed by atoms with Crippen LogP contribution in [0.25, 0.3) is 0 Å². The van der Waals surface area contributed by atoms with E-state index in [0.29, 0.717) is 12.3 Å². The van der Waals surface area contributed by atoms with Gasteiger partial charge in [-0.05, 0) is 31.2 Å². The maximum Gasteiger partial charge on any atom is 0.240 e. The average molecular weight is 195 g/mol. The molecule has 4 heteroatoms. The molecule has 0 radical (unpaired) electrons. The van der Waals surface area contributed by atoms with Gasteiger partial charge in [0.05, 0.1) is 12.3 Å². The van der Waals surface area contributed by atoms with E-state index < -0.39 is 0 Å². The molecule has 1 aromatic carbocycles. The van der Waals surface area contributed by atoms with E-state index in [1.165, 1.54) is 18.1 Å². The van der Waals surface area contributed by atoms with E-state index in [4.69, 9.17) is 4.18 Å². The normalized spacial score (nSPS) is 9.31. The van der Waals surface area contributed by atoms with Crippen molar-refractivity contribution < 1.29 is 8.98 Å². The summed E-state index contributed by atoms with van der Waals surface area (Å²) in [5.41, 5.74) is 0.607. The molecule has 0 aliphatic heterocycles. The molecule has 0 saturated heterocycles. The van der Waals surface area contributed by atoms with E-state index >= 15 is 0 Å². The number of hydrogen-bond donors (Lipinski definition) is 0. The van der Waals surface area contributed by atoms with Crippen molar-refractivity contribution in [2.24, 2.45) is 4.99 Å². The summed E-state index contributed by atoms with van der Waals surface area (Å²) in [5, 5.41) is 0. The largest absolute Gasteiger partial charge is 0.311 e. The number of isocyanates is 1. The lowest BCUT2D eigenvalue weighted by Crippen LogP contribution is -1.77. The van der Waals surface area contributed by atoms with Crippen LogP contribution in [0.1, 0.15) is 6.92 Å². The monoisotopic (exact) mass is 195 g/mol. The third kappa shape index (κ3) is 3.42. The Morgan fingerprint density at radius 3 is 2.69 bits per heavy atom. The van der Waals surface area contributed by atoms with E-state index in [1.54, 1.807) is 12.1 Å². The maximum atomic E-state index is 9.91. The van der Waals surface area contributed by atoms with E-state index in [2.05, 4.69) is 4.99 Å². The summed E-state index contributed by atoms with van der Waals surface area (Å²) in [7, 11) is 0. The number of benzene rings is 1. The van der Waals surface area contributed by atoms with Crippen molar-refractivity contribution in [3.05, 3.63) is 24.3 Å². The van der Waals surface area contributed by atoms with Crippen molar-refractivity contribution >= 4 is 23.8 Å². The molecule has 0 aliphatic carbocycles. The highest BCUT2D eigenvalue weighted by molar-refractivity contribution is 7.94. The molecule has 0 fully saturated rings. The molecule has 0 saturated carbocycles. The average Bonchev–Trinajstić information content (AvgIpc) is 2.17. The van der Waals surface area contributed by atoms with Crippen LogP contribution in [0, 0.1) is 0 Å². The molecule has 3 nitrogen and oxygen atoms in total. The quantitative estimate of drug-likeness (QED) is 0.421. The summed E-state index contributed by atoms with van der Waals surface area (Å²) in [6.45, 7) is 2.59. The second-order valence-electron chi connectivity index (χ2n) is 2.19. The Bertz CT molecular complexity index is 304. The molecule has 0 aliphatic rings. The summed E-state index contributed by atoms with van der Waals surface area (Å²) < 4.78 is 5.13. The van der Waals surface area contributed by atoms with Gasteiger partial charge in [-0.2, -0.15) is 4.99 Å². The van der Waals surface area contributed by atoms with Gasteiger partial charge < -0.3 is 4.18 Å². The molecule has 0 amide bonds. The lowest BCUT2D eigenvalue weighted by atomic mass is 10.3. The molecule has 0 heterocycles. The smallest absolute Gasteiger partial charge is 0.240 e. The summed E-state index contributed by atoms with van der Waals surface area (Å²) in [5.74, 6) is 0. The molecular formula is C9H9NO2S. The van der Waals surface area contributed by atoms with Gasteiger partial charge in [0.2, 0.25) is 6.08 Å². The van der Waals surface area contributed by atoms with Crippen LogP contribution < -0.4 is 0 Å². The highest BCUT2D eigenvalue weighted by Crippen LogP contribution is 2.21.